The van der Waals surface area contributed by atoms with Crippen molar-refractivity contribution in [2.75, 3.05) is 31.6 Å². The first-order valence-electron chi connectivity index (χ1n) is 14.2. The molecule has 38 heavy (non-hydrogen) atoms. The Hall–Kier alpha value is -2.26. The largest absolute Gasteiger partial charge is 0.494 e. The number of hydrogen-bond acceptors (Lipinski definition) is 6. The molecule has 3 fully saturated rings. The molecule has 3 aliphatic rings. The second-order valence-corrected chi connectivity index (χ2v) is 12.9. The highest BCUT2D eigenvalue weighted by molar-refractivity contribution is 8.02. The first-order chi connectivity index (χ1) is 18.3. The summed E-state index contributed by atoms with van der Waals surface area (Å²) in [5.41, 5.74) is 0.670. The number of anilines is 1. The molecule has 1 spiro atoms. The second kappa shape index (κ2) is 12.3. The number of hydrogen-bond donors (Lipinski definition) is 3. The van der Waals surface area contributed by atoms with E-state index in [9.17, 15) is 14.4 Å². The van der Waals surface area contributed by atoms with Crippen LogP contribution in [0.1, 0.15) is 72.1 Å². The van der Waals surface area contributed by atoms with E-state index in [-0.39, 0.29) is 24.3 Å². The van der Waals surface area contributed by atoms with Crippen molar-refractivity contribution in [3.8, 4) is 5.75 Å². The second-order valence-electron chi connectivity index (χ2n) is 11.0. The Balaban J connectivity index is 1.57. The Morgan fingerprint density at radius 1 is 1.08 bits per heavy atom. The van der Waals surface area contributed by atoms with E-state index in [2.05, 4.69) is 24.5 Å². The number of likely N-dealkylation sites (tertiary alicyclic amines) is 1. The Morgan fingerprint density at radius 3 is 2.50 bits per heavy atom. The molecule has 1 aromatic carbocycles. The van der Waals surface area contributed by atoms with Gasteiger partial charge >= 0.3 is 0 Å². The summed E-state index contributed by atoms with van der Waals surface area (Å²) in [5.74, 6) is -0.595. The van der Waals surface area contributed by atoms with Crippen LogP contribution in [0.15, 0.2) is 24.3 Å². The molecule has 0 aromatic heterocycles. The Kier molecular flexibility index (Phi) is 9.29. The van der Waals surface area contributed by atoms with Crippen LogP contribution in [0.3, 0.4) is 0 Å². The number of aliphatic hydroxyl groups excluding tert-OH is 1. The van der Waals surface area contributed by atoms with Crippen LogP contribution in [-0.2, 0) is 14.4 Å². The first kappa shape index (κ1) is 28.7. The van der Waals surface area contributed by atoms with Crippen LogP contribution >= 0.6 is 11.8 Å². The highest BCUT2D eigenvalue weighted by atomic mass is 32.2. The van der Waals surface area contributed by atoms with Crippen molar-refractivity contribution in [2.45, 2.75) is 87.7 Å². The fourth-order valence-corrected chi connectivity index (χ4v) is 8.98. The summed E-state index contributed by atoms with van der Waals surface area (Å²) in [6, 6.07) is 6.73. The van der Waals surface area contributed by atoms with Gasteiger partial charge in [-0.25, -0.2) is 0 Å². The van der Waals surface area contributed by atoms with Crippen LogP contribution in [0, 0.1) is 11.8 Å². The van der Waals surface area contributed by atoms with Crippen LogP contribution in [-0.4, -0.2) is 69.6 Å². The molecule has 4 rings (SSSR count). The number of nitrogens with zero attached hydrogens (tertiary/aromatic N) is 1. The molecule has 0 radical (unpaired) electrons. The van der Waals surface area contributed by atoms with Gasteiger partial charge in [0.2, 0.25) is 17.7 Å². The van der Waals surface area contributed by atoms with Gasteiger partial charge in [-0.15, -0.1) is 11.8 Å². The monoisotopic (exact) mass is 545 g/mol. The average Bonchev–Trinajstić information content (AvgIpc) is 3.46. The summed E-state index contributed by atoms with van der Waals surface area (Å²) in [6.07, 6.45) is 6.71. The van der Waals surface area contributed by atoms with E-state index in [0.717, 1.165) is 57.1 Å². The van der Waals surface area contributed by atoms with Gasteiger partial charge in [-0.05, 0) is 70.2 Å². The van der Waals surface area contributed by atoms with Gasteiger partial charge in [0.25, 0.3) is 0 Å². The molecule has 8 nitrogen and oxygen atoms in total. The van der Waals surface area contributed by atoms with Crippen molar-refractivity contribution < 1.29 is 24.2 Å². The fourth-order valence-electron chi connectivity index (χ4n) is 6.62. The molecule has 2 unspecified atom stereocenters. The number of rotatable bonds is 14. The molecule has 3 amide bonds. The third-order valence-electron chi connectivity index (χ3n) is 8.38. The molecule has 1 aromatic rings. The maximum absolute atomic E-state index is 14.1. The number of fused-ring (bicyclic) bond motifs is 1. The lowest BCUT2D eigenvalue weighted by Gasteiger charge is -2.34. The van der Waals surface area contributed by atoms with Gasteiger partial charge in [0.1, 0.15) is 11.8 Å². The lowest BCUT2D eigenvalue weighted by Crippen LogP contribution is -2.53. The molecule has 3 heterocycles. The van der Waals surface area contributed by atoms with E-state index in [1.54, 1.807) is 16.7 Å². The van der Waals surface area contributed by atoms with Gasteiger partial charge in [-0.1, -0.05) is 26.2 Å². The minimum atomic E-state index is -0.589. The zero-order valence-corrected chi connectivity index (χ0v) is 23.8. The SMILES string of the molecule is CCCCNC(=O)C1N(CCCCCCO)C(=O)[C@@H]2[C@H](C(=O)Nc3ccc(OCC)cc3)[C@]3(C)CCC12S3. The highest BCUT2D eigenvalue weighted by Crippen LogP contribution is 2.71. The molecule has 2 bridgehead atoms. The van der Waals surface area contributed by atoms with E-state index in [0.29, 0.717) is 25.4 Å². The number of carbonyl (C=O) groups is 3. The summed E-state index contributed by atoms with van der Waals surface area (Å²) >= 11 is 1.70. The number of carbonyl (C=O) groups excluding carboxylic acids is 3. The van der Waals surface area contributed by atoms with Gasteiger partial charge in [-0.2, -0.15) is 0 Å². The van der Waals surface area contributed by atoms with Crippen LogP contribution in [0.2, 0.25) is 0 Å². The van der Waals surface area contributed by atoms with Crippen LogP contribution in [0.4, 0.5) is 5.69 Å². The molecule has 5 atom stereocenters. The van der Waals surface area contributed by atoms with Gasteiger partial charge in [0.05, 0.1) is 23.2 Å². The van der Waals surface area contributed by atoms with Gasteiger partial charge in [0.15, 0.2) is 0 Å². The fraction of sp³-hybridized carbons (Fsp3) is 0.690. The lowest BCUT2D eigenvalue weighted by atomic mass is 9.66. The Bertz CT molecular complexity index is 1000. The molecule has 210 valence electrons. The Morgan fingerprint density at radius 2 is 1.82 bits per heavy atom. The molecular weight excluding hydrogens is 502 g/mol. The zero-order valence-electron chi connectivity index (χ0n) is 23.0. The summed E-state index contributed by atoms with van der Waals surface area (Å²) in [5, 5.41) is 15.3. The normalized spacial score (nSPS) is 29.4. The zero-order chi connectivity index (χ0) is 27.3. The minimum absolute atomic E-state index is 0.0643. The van der Waals surface area contributed by atoms with Gasteiger partial charge in [-0.3, -0.25) is 14.4 Å². The predicted molar refractivity (Wildman–Crippen MR) is 150 cm³/mol. The first-order valence-corrected chi connectivity index (χ1v) is 15.1. The van der Waals surface area contributed by atoms with E-state index < -0.39 is 27.4 Å². The molecule has 3 saturated heterocycles. The van der Waals surface area contributed by atoms with Crippen molar-refractivity contribution in [1.82, 2.24) is 10.2 Å². The van der Waals surface area contributed by atoms with Crippen molar-refractivity contribution in [2.24, 2.45) is 11.8 Å². The number of aliphatic hydroxyl groups is 1. The number of nitrogens with one attached hydrogen (secondary N) is 2. The van der Waals surface area contributed by atoms with Crippen molar-refractivity contribution in [3.05, 3.63) is 24.3 Å². The summed E-state index contributed by atoms with van der Waals surface area (Å²) < 4.78 is 4.52. The molecule has 0 aliphatic carbocycles. The number of thioether (sulfide) groups is 1. The van der Waals surface area contributed by atoms with E-state index in [1.165, 1.54) is 0 Å². The van der Waals surface area contributed by atoms with Crippen LogP contribution < -0.4 is 15.4 Å². The quantitative estimate of drug-likeness (QED) is 0.305. The average molecular weight is 546 g/mol. The third kappa shape index (κ3) is 5.41. The maximum Gasteiger partial charge on any atom is 0.244 e. The summed E-state index contributed by atoms with van der Waals surface area (Å²) in [4.78, 5) is 43.2. The standard InChI is InChI=1S/C29H43N3O5S/c1-4-6-17-30-26(35)24-29-16-15-28(3,38-29)22(23(29)27(36)32(24)18-9-7-8-10-19-33)25(34)31-20-11-13-21(14-12-20)37-5-2/h11-14,22-24,33H,4-10,15-19H2,1-3H3,(H,30,35)(H,31,34)/t22-,23+,24?,28+,29?/m1/s1. The maximum atomic E-state index is 14.1. The topological polar surface area (TPSA) is 108 Å². The van der Waals surface area contributed by atoms with Gasteiger partial charge in [0, 0.05) is 30.1 Å². The smallest absolute Gasteiger partial charge is 0.244 e. The van der Waals surface area contributed by atoms with Gasteiger partial charge < -0.3 is 25.4 Å². The third-order valence-corrected chi connectivity index (χ3v) is 10.4. The molecule has 3 aliphatic heterocycles. The lowest BCUT2D eigenvalue weighted by molar-refractivity contribution is -0.139. The summed E-state index contributed by atoms with van der Waals surface area (Å²) in [7, 11) is 0. The van der Waals surface area contributed by atoms with Crippen LogP contribution in [0.25, 0.3) is 0 Å². The van der Waals surface area contributed by atoms with Crippen molar-refractivity contribution in [3.63, 3.8) is 0 Å². The van der Waals surface area contributed by atoms with Crippen molar-refractivity contribution >= 4 is 35.2 Å². The highest BCUT2D eigenvalue weighted by Gasteiger charge is 2.76. The predicted octanol–water partition coefficient (Wildman–Crippen LogP) is 3.97. The van der Waals surface area contributed by atoms with Crippen LogP contribution in [0.5, 0.6) is 5.75 Å². The number of benzene rings is 1. The van der Waals surface area contributed by atoms with E-state index >= 15 is 0 Å². The Labute approximate surface area is 230 Å². The summed E-state index contributed by atoms with van der Waals surface area (Å²) in [6.45, 7) is 7.92. The minimum Gasteiger partial charge on any atom is -0.494 e. The number of ether oxygens (including phenoxy) is 1. The molecular formula is C29H43N3O5S. The van der Waals surface area contributed by atoms with E-state index in [4.69, 9.17) is 9.84 Å². The van der Waals surface area contributed by atoms with Crippen molar-refractivity contribution in [1.29, 1.82) is 0 Å². The molecule has 3 N–H and O–H groups in total. The molecule has 0 saturated carbocycles. The van der Waals surface area contributed by atoms with E-state index in [1.807, 2.05) is 31.2 Å². The molecule has 9 heteroatoms. The number of unbranched alkanes of at least 4 members (excludes halogenated alkanes) is 4. The number of amides is 3.